The largest absolute Gasteiger partial charge is 0.352 e. The minimum Gasteiger partial charge on any atom is -0.352 e. The van der Waals surface area contributed by atoms with E-state index in [2.05, 4.69) is 10.6 Å². The Kier molecular flexibility index (Phi) is 2.26. The Morgan fingerprint density at radius 2 is 1.94 bits per heavy atom. The predicted molar refractivity (Wildman–Crippen MR) is 58.5 cm³/mol. The molecule has 0 bridgehead atoms. The van der Waals surface area contributed by atoms with Crippen molar-refractivity contribution in [3.05, 3.63) is 0 Å². The third kappa shape index (κ3) is 1.73. The first-order valence-electron chi connectivity index (χ1n) is 5.78. The molecule has 0 aromatic rings. The van der Waals surface area contributed by atoms with Gasteiger partial charge in [-0.2, -0.15) is 0 Å². The maximum absolute atomic E-state index is 11.8. The number of hydrogen-bond acceptors (Lipinski definition) is 4. The molecule has 0 spiro atoms. The minimum absolute atomic E-state index is 0.0408. The fraction of sp³-hybridized carbons (Fsp3) is 0.900. The molecule has 2 aliphatic heterocycles. The Bertz CT molecular complexity index is 410. The van der Waals surface area contributed by atoms with Crippen LogP contribution in [0.2, 0.25) is 0 Å². The third-order valence-corrected chi connectivity index (χ3v) is 5.77. The molecule has 3 rings (SSSR count). The quantitative estimate of drug-likeness (QED) is 0.637. The van der Waals surface area contributed by atoms with Crippen LogP contribution in [-0.2, 0) is 14.6 Å². The van der Waals surface area contributed by atoms with Crippen molar-refractivity contribution in [3.63, 3.8) is 0 Å². The highest BCUT2D eigenvalue weighted by Crippen LogP contribution is 2.41. The van der Waals surface area contributed by atoms with Crippen molar-refractivity contribution in [1.82, 2.24) is 10.6 Å². The molecule has 1 amide bonds. The van der Waals surface area contributed by atoms with Crippen LogP contribution in [0, 0.1) is 17.8 Å². The van der Waals surface area contributed by atoms with Gasteiger partial charge in [-0.1, -0.05) is 0 Å². The summed E-state index contributed by atoms with van der Waals surface area (Å²) >= 11 is 0. The number of carbonyl (C=O) groups excluding carboxylic acids is 1. The molecule has 3 aliphatic rings. The normalized spacial score (nSPS) is 44.0. The van der Waals surface area contributed by atoms with Crippen LogP contribution in [0.15, 0.2) is 0 Å². The van der Waals surface area contributed by atoms with E-state index in [9.17, 15) is 13.2 Å². The van der Waals surface area contributed by atoms with Crippen LogP contribution in [0.4, 0.5) is 0 Å². The van der Waals surface area contributed by atoms with Crippen LogP contribution >= 0.6 is 0 Å². The minimum atomic E-state index is -2.95. The van der Waals surface area contributed by atoms with Crippen LogP contribution in [0.5, 0.6) is 0 Å². The first-order valence-corrected chi connectivity index (χ1v) is 7.60. The summed E-state index contributed by atoms with van der Waals surface area (Å²) in [6, 6.07) is 0.303. The molecular formula is C10H16N2O3S. The summed E-state index contributed by atoms with van der Waals surface area (Å²) in [5, 5.41) is 6.25. The van der Waals surface area contributed by atoms with Crippen LogP contribution in [0.1, 0.15) is 6.42 Å². The second-order valence-electron chi connectivity index (χ2n) is 5.12. The van der Waals surface area contributed by atoms with Crippen molar-refractivity contribution in [1.29, 1.82) is 0 Å². The van der Waals surface area contributed by atoms with E-state index in [0.717, 1.165) is 13.1 Å². The highest BCUT2D eigenvalue weighted by molar-refractivity contribution is 7.91. The zero-order valence-corrected chi connectivity index (χ0v) is 9.79. The molecule has 3 atom stereocenters. The fourth-order valence-corrected chi connectivity index (χ4v) is 4.66. The van der Waals surface area contributed by atoms with Gasteiger partial charge in [0.05, 0.1) is 17.4 Å². The second kappa shape index (κ2) is 3.43. The van der Waals surface area contributed by atoms with Crippen LogP contribution < -0.4 is 10.6 Å². The first kappa shape index (κ1) is 10.5. The Hall–Kier alpha value is -0.620. The van der Waals surface area contributed by atoms with Gasteiger partial charge in [0.1, 0.15) is 0 Å². The second-order valence-corrected chi connectivity index (χ2v) is 7.35. The molecule has 2 saturated heterocycles. The molecular weight excluding hydrogens is 228 g/mol. The van der Waals surface area contributed by atoms with Crippen molar-refractivity contribution < 1.29 is 13.2 Å². The molecule has 1 aliphatic carbocycles. The van der Waals surface area contributed by atoms with Crippen molar-refractivity contribution in [3.8, 4) is 0 Å². The number of hydrogen-bond donors (Lipinski definition) is 2. The molecule has 6 heteroatoms. The number of amides is 1. The lowest BCUT2D eigenvalue weighted by Crippen LogP contribution is -2.37. The van der Waals surface area contributed by atoms with E-state index in [4.69, 9.17) is 0 Å². The van der Waals surface area contributed by atoms with Crippen LogP contribution in [0.3, 0.4) is 0 Å². The zero-order chi connectivity index (χ0) is 11.3. The van der Waals surface area contributed by atoms with Crippen molar-refractivity contribution >= 4 is 15.7 Å². The lowest BCUT2D eigenvalue weighted by molar-refractivity contribution is -0.124. The summed E-state index contributed by atoms with van der Waals surface area (Å²) in [6.45, 7) is 1.97. The number of sulfone groups is 1. The molecule has 0 aromatic heterocycles. The van der Waals surface area contributed by atoms with Gasteiger partial charge in [0.25, 0.3) is 0 Å². The van der Waals surface area contributed by atoms with E-state index < -0.39 is 9.84 Å². The number of fused-ring (bicyclic) bond motifs is 1. The monoisotopic (exact) mass is 244 g/mol. The van der Waals surface area contributed by atoms with Gasteiger partial charge in [-0.05, 0) is 18.3 Å². The summed E-state index contributed by atoms with van der Waals surface area (Å²) in [7, 11) is -2.95. The lowest BCUT2D eigenvalue weighted by Gasteiger charge is -2.11. The van der Waals surface area contributed by atoms with Gasteiger partial charge < -0.3 is 10.6 Å². The molecule has 16 heavy (non-hydrogen) atoms. The molecule has 90 valence electrons. The number of nitrogens with one attached hydrogen (secondary N) is 2. The van der Waals surface area contributed by atoms with Crippen LogP contribution in [0.25, 0.3) is 0 Å². The molecule has 2 heterocycles. The highest BCUT2D eigenvalue weighted by Gasteiger charge is 2.54. The van der Waals surface area contributed by atoms with Gasteiger partial charge in [0.2, 0.25) is 5.91 Å². The highest BCUT2D eigenvalue weighted by atomic mass is 32.2. The standard InChI is InChI=1S/C10H16N2O3S/c13-10(6-1-2-16(14,15)5-6)12-9-7-3-11-4-8(7)9/h6-9,11H,1-5H2,(H,12,13). The van der Waals surface area contributed by atoms with Gasteiger partial charge in [-0.15, -0.1) is 0 Å². The Balaban J connectivity index is 1.55. The lowest BCUT2D eigenvalue weighted by atomic mass is 10.1. The summed E-state index contributed by atoms with van der Waals surface area (Å²) in [5.41, 5.74) is 0. The Labute approximate surface area is 94.9 Å². The summed E-state index contributed by atoms with van der Waals surface area (Å²) < 4.78 is 22.5. The van der Waals surface area contributed by atoms with Gasteiger partial charge in [0, 0.05) is 19.1 Å². The van der Waals surface area contributed by atoms with Crippen molar-refractivity contribution in [2.45, 2.75) is 12.5 Å². The molecule has 5 nitrogen and oxygen atoms in total. The average molecular weight is 244 g/mol. The number of piperidine rings is 1. The molecule has 0 aromatic carbocycles. The Morgan fingerprint density at radius 3 is 2.50 bits per heavy atom. The maximum Gasteiger partial charge on any atom is 0.224 e. The fourth-order valence-electron chi connectivity index (χ4n) is 2.92. The summed E-state index contributed by atoms with van der Waals surface area (Å²) in [5.74, 6) is 1.02. The van der Waals surface area contributed by atoms with E-state index in [1.165, 1.54) is 0 Å². The topological polar surface area (TPSA) is 75.3 Å². The zero-order valence-electron chi connectivity index (χ0n) is 8.98. The number of rotatable bonds is 2. The SMILES string of the molecule is O=C(NC1C2CNCC21)C1CCS(=O)(=O)C1. The summed E-state index contributed by atoms with van der Waals surface area (Å²) in [6.07, 6.45) is 0.495. The smallest absolute Gasteiger partial charge is 0.224 e. The average Bonchev–Trinajstić information content (AvgIpc) is 2.67. The van der Waals surface area contributed by atoms with E-state index in [0.29, 0.717) is 24.3 Å². The third-order valence-electron chi connectivity index (χ3n) is 4.00. The molecule has 2 N–H and O–H groups in total. The van der Waals surface area contributed by atoms with E-state index in [1.807, 2.05) is 0 Å². The van der Waals surface area contributed by atoms with E-state index >= 15 is 0 Å². The van der Waals surface area contributed by atoms with Gasteiger partial charge in [0.15, 0.2) is 9.84 Å². The van der Waals surface area contributed by atoms with Crippen LogP contribution in [-0.4, -0.2) is 45.0 Å². The van der Waals surface area contributed by atoms with Gasteiger partial charge >= 0.3 is 0 Å². The molecule has 1 saturated carbocycles. The predicted octanol–water partition coefficient (Wildman–Crippen LogP) is -1.24. The number of carbonyl (C=O) groups is 1. The van der Waals surface area contributed by atoms with E-state index in [1.54, 1.807) is 0 Å². The first-order chi connectivity index (χ1) is 7.57. The molecule has 0 radical (unpaired) electrons. The molecule has 3 fully saturated rings. The summed E-state index contributed by atoms with van der Waals surface area (Å²) in [4.78, 5) is 11.8. The van der Waals surface area contributed by atoms with E-state index in [-0.39, 0.29) is 23.3 Å². The Morgan fingerprint density at radius 1 is 1.25 bits per heavy atom. The maximum atomic E-state index is 11.8. The van der Waals surface area contributed by atoms with Crippen molar-refractivity contribution in [2.75, 3.05) is 24.6 Å². The molecule has 3 unspecified atom stereocenters. The van der Waals surface area contributed by atoms with Crippen molar-refractivity contribution in [2.24, 2.45) is 17.8 Å². The van der Waals surface area contributed by atoms with Gasteiger partial charge in [-0.3, -0.25) is 4.79 Å². The van der Waals surface area contributed by atoms with Gasteiger partial charge in [-0.25, -0.2) is 8.42 Å².